The van der Waals surface area contributed by atoms with Gasteiger partial charge in [0, 0.05) is 29.3 Å². The minimum Gasteiger partial charge on any atom is -0.476 e. The number of aromatic nitrogens is 1. The Morgan fingerprint density at radius 3 is 2.96 bits per heavy atom. The third-order valence-corrected chi connectivity index (χ3v) is 3.64. The third-order valence-electron chi connectivity index (χ3n) is 3.64. The molecule has 0 saturated heterocycles. The first kappa shape index (κ1) is 16.4. The van der Waals surface area contributed by atoms with Gasteiger partial charge < -0.3 is 10.1 Å². The Morgan fingerprint density at radius 1 is 1.24 bits per heavy atom. The molecular formula is C19H14FN3O2. The average Bonchev–Trinajstić information content (AvgIpc) is 2.65. The maximum atomic E-state index is 14.3. The first-order chi connectivity index (χ1) is 12.2. The highest BCUT2D eigenvalue weighted by molar-refractivity contribution is 5.97. The number of carbonyl (C=O) groups is 1. The lowest BCUT2D eigenvalue weighted by Gasteiger charge is -2.10. The zero-order chi connectivity index (χ0) is 17.6. The van der Waals surface area contributed by atoms with Crippen LogP contribution in [0.3, 0.4) is 0 Å². The Balaban J connectivity index is 1.72. The predicted octanol–water partition coefficient (Wildman–Crippen LogP) is 3.21. The summed E-state index contributed by atoms with van der Waals surface area (Å²) in [6.45, 7) is -0.225. The van der Waals surface area contributed by atoms with E-state index in [1.807, 2.05) is 6.07 Å². The molecule has 0 aliphatic heterocycles. The van der Waals surface area contributed by atoms with E-state index in [-0.39, 0.29) is 30.4 Å². The molecule has 1 N–H and O–H groups in total. The smallest absolute Gasteiger partial charge is 0.251 e. The molecule has 0 unspecified atom stereocenters. The standard InChI is InChI=1S/C19H14FN3O2/c20-18-15(3-1-5-17(18)25-10-8-21)12-23-19(24)14-6-7-16-13(11-14)4-2-9-22-16/h1-7,9,11H,10,12H2,(H,23,24). The lowest BCUT2D eigenvalue weighted by Crippen LogP contribution is -2.23. The number of nitriles is 1. The van der Waals surface area contributed by atoms with E-state index in [1.54, 1.807) is 48.7 Å². The quantitative estimate of drug-likeness (QED) is 0.777. The van der Waals surface area contributed by atoms with Crippen LogP contribution in [-0.2, 0) is 6.54 Å². The molecular weight excluding hydrogens is 321 g/mol. The number of nitrogens with one attached hydrogen (secondary N) is 1. The Morgan fingerprint density at radius 2 is 2.12 bits per heavy atom. The van der Waals surface area contributed by atoms with E-state index in [1.165, 1.54) is 6.07 Å². The molecule has 0 aliphatic rings. The number of pyridine rings is 1. The summed E-state index contributed by atoms with van der Waals surface area (Å²) in [7, 11) is 0. The first-order valence-electron chi connectivity index (χ1n) is 7.59. The molecule has 3 aromatic rings. The van der Waals surface area contributed by atoms with Crippen LogP contribution in [0.5, 0.6) is 5.75 Å². The van der Waals surface area contributed by atoms with Gasteiger partial charge in [0.2, 0.25) is 0 Å². The maximum Gasteiger partial charge on any atom is 0.251 e. The summed E-state index contributed by atoms with van der Waals surface area (Å²) < 4.78 is 19.3. The van der Waals surface area contributed by atoms with Crippen LogP contribution in [0.2, 0.25) is 0 Å². The minimum absolute atomic E-state index is 0.00919. The van der Waals surface area contributed by atoms with Crippen molar-refractivity contribution in [3.8, 4) is 11.8 Å². The molecule has 25 heavy (non-hydrogen) atoms. The molecule has 1 amide bonds. The molecule has 1 heterocycles. The minimum atomic E-state index is -0.583. The molecule has 5 nitrogen and oxygen atoms in total. The number of carbonyl (C=O) groups excluding carboxylic acids is 1. The van der Waals surface area contributed by atoms with E-state index < -0.39 is 5.82 Å². The van der Waals surface area contributed by atoms with Gasteiger partial charge >= 0.3 is 0 Å². The highest BCUT2D eigenvalue weighted by Gasteiger charge is 2.11. The highest BCUT2D eigenvalue weighted by Crippen LogP contribution is 2.20. The molecule has 6 heteroatoms. The van der Waals surface area contributed by atoms with Gasteiger partial charge in [-0.3, -0.25) is 9.78 Å². The van der Waals surface area contributed by atoms with Crippen molar-refractivity contribution in [1.82, 2.24) is 10.3 Å². The molecule has 3 rings (SSSR count). The molecule has 0 bridgehead atoms. The van der Waals surface area contributed by atoms with Crippen molar-refractivity contribution in [2.24, 2.45) is 0 Å². The van der Waals surface area contributed by atoms with Gasteiger partial charge in [0.1, 0.15) is 6.07 Å². The van der Waals surface area contributed by atoms with Crippen molar-refractivity contribution < 1.29 is 13.9 Å². The number of hydrogen-bond donors (Lipinski definition) is 1. The van der Waals surface area contributed by atoms with E-state index in [0.717, 1.165) is 10.9 Å². The van der Waals surface area contributed by atoms with Crippen LogP contribution >= 0.6 is 0 Å². The maximum absolute atomic E-state index is 14.3. The van der Waals surface area contributed by atoms with E-state index in [0.29, 0.717) is 5.56 Å². The summed E-state index contributed by atoms with van der Waals surface area (Å²) in [5, 5.41) is 12.0. The zero-order valence-corrected chi connectivity index (χ0v) is 13.2. The van der Waals surface area contributed by atoms with Crippen LogP contribution in [0.4, 0.5) is 4.39 Å². The van der Waals surface area contributed by atoms with Gasteiger partial charge in [-0.25, -0.2) is 4.39 Å². The van der Waals surface area contributed by atoms with Crippen molar-refractivity contribution in [2.45, 2.75) is 6.54 Å². The van der Waals surface area contributed by atoms with Gasteiger partial charge in [0.15, 0.2) is 18.2 Å². The van der Waals surface area contributed by atoms with Gasteiger partial charge in [-0.15, -0.1) is 0 Å². The normalized spacial score (nSPS) is 10.2. The molecule has 1 aromatic heterocycles. The highest BCUT2D eigenvalue weighted by atomic mass is 19.1. The van der Waals surface area contributed by atoms with Crippen molar-refractivity contribution in [3.05, 3.63) is 71.7 Å². The fourth-order valence-electron chi connectivity index (χ4n) is 2.41. The summed E-state index contributed by atoms with van der Waals surface area (Å²) in [5.74, 6) is -0.903. The Labute approximate surface area is 143 Å². The molecule has 124 valence electrons. The molecule has 0 atom stereocenters. The van der Waals surface area contributed by atoms with Crippen LogP contribution in [0.15, 0.2) is 54.7 Å². The number of hydrogen-bond acceptors (Lipinski definition) is 4. The number of amides is 1. The van der Waals surface area contributed by atoms with Gasteiger partial charge in [-0.1, -0.05) is 18.2 Å². The Bertz CT molecular complexity index is 966. The summed E-state index contributed by atoms with van der Waals surface area (Å²) in [6, 6.07) is 15.2. The number of rotatable bonds is 5. The zero-order valence-electron chi connectivity index (χ0n) is 13.2. The molecule has 0 aliphatic carbocycles. The van der Waals surface area contributed by atoms with E-state index in [9.17, 15) is 9.18 Å². The monoisotopic (exact) mass is 335 g/mol. The second kappa shape index (κ2) is 7.41. The summed E-state index contributed by atoms with van der Waals surface area (Å²) in [6.07, 6.45) is 1.69. The van der Waals surface area contributed by atoms with Crippen molar-refractivity contribution >= 4 is 16.8 Å². The largest absolute Gasteiger partial charge is 0.476 e. The second-order valence-corrected chi connectivity index (χ2v) is 5.27. The van der Waals surface area contributed by atoms with E-state index in [2.05, 4.69) is 10.3 Å². The van der Waals surface area contributed by atoms with Crippen LogP contribution < -0.4 is 10.1 Å². The predicted molar refractivity (Wildman–Crippen MR) is 90.4 cm³/mol. The molecule has 0 fully saturated rings. The Kier molecular flexibility index (Phi) is 4.86. The molecule has 0 radical (unpaired) electrons. The number of nitrogens with zero attached hydrogens (tertiary/aromatic N) is 2. The van der Waals surface area contributed by atoms with E-state index >= 15 is 0 Å². The average molecular weight is 335 g/mol. The second-order valence-electron chi connectivity index (χ2n) is 5.27. The van der Waals surface area contributed by atoms with Crippen LogP contribution in [0, 0.1) is 17.1 Å². The SMILES string of the molecule is N#CCOc1cccc(CNC(=O)c2ccc3ncccc3c2)c1F. The summed E-state index contributed by atoms with van der Waals surface area (Å²) >= 11 is 0. The van der Waals surface area contributed by atoms with Crippen molar-refractivity contribution in [1.29, 1.82) is 5.26 Å². The van der Waals surface area contributed by atoms with Crippen LogP contribution in [-0.4, -0.2) is 17.5 Å². The van der Waals surface area contributed by atoms with Gasteiger partial charge in [0.05, 0.1) is 5.52 Å². The van der Waals surface area contributed by atoms with Crippen molar-refractivity contribution in [2.75, 3.05) is 6.61 Å². The van der Waals surface area contributed by atoms with Crippen LogP contribution in [0.1, 0.15) is 15.9 Å². The summed E-state index contributed by atoms with van der Waals surface area (Å²) in [5.41, 5.74) is 1.55. The fourth-order valence-corrected chi connectivity index (χ4v) is 2.41. The lowest BCUT2D eigenvalue weighted by atomic mass is 10.1. The topological polar surface area (TPSA) is 75.0 Å². The van der Waals surface area contributed by atoms with E-state index in [4.69, 9.17) is 10.00 Å². The lowest BCUT2D eigenvalue weighted by molar-refractivity contribution is 0.0950. The number of benzene rings is 2. The van der Waals surface area contributed by atoms with Crippen LogP contribution in [0.25, 0.3) is 10.9 Å². The number of fused-ring (bicyclic) bond motifs is 1. The molecule has 2 aromatic carbocycles. The van der Waals surface area contributed by atoms with Gasteiger partial charge in [-0.2, -0.15) is 5.26 Å². The van der Waals surface area contributed by atoms with Gasteiger partial charge in [-0.05, 0) is 30.3 Å². The third kappa shape index (κ3) is 3.72. The van der Waals surface area contributed by atoms with Gasteiger partial charge in [0.25, 0.3) is 5.91 Å². The first-order valence-corrected chi connectivity index (χ1v) is 7.59. The van der Waals surface area contributed by atoms with Crippen molar-refractivity contribution in [3.63, 3.8) is 0 Å². The number of ether oxygens (including phenoxy) is 1. The number of halogens is 1. The fraction of sp³-hybridized carbons (Fsp3) is 0.105. The molecule has 0 saturated carbocycles. The molecule has 0 spiro atoms. The summed E-state index contributed by atoms with van der Waals surface area (Å²) in [4.78, 5) is 16.5. The Hall–Kier alpha value is -3.46.